The lowest BCUT2D eigenvalue weighted by Gasteiger charge is -2.32. The lowest BCUT2D eigenvalue weighted by Crippen LogP contribution is -2.52. The molecule has 14 heteroatoms. The van der Waals surface area contributed by atoms with Crippen LogP contribution in [0.15, 0.2) is 52.3 Å². The van der Waals surface area contributed by atoms with Crippen LogP contribution in [0.4, 0.5) is 32.0 Å². The number of anilines is 1. The molecule has 0 radical (unpaired) electrons. The average molecular weight is 631 g/mol. The third-order valence-electron chi connectivity index (χ3n) is 7.46. The zero-order valence-corrected chi connectivity index (χ0v) is 24.1. The number of carboxylic acids is 1. The molecule has 234 valence electrons. The number of hydrogen-bond donors (Lipinski definition) is 3. The monoisotopic (exact) mass is 630 g/mol. The molecule has 7 nitrogen and oxygen atoms in total. The highest BCUT2D eigenvalue weighted by atomic mass is 32.2. The molecule has 43 heavy (non-hydrogen) atoms. The molecule has 2 aliphatic rings. The minimum absolute atomic E-state index is 0.0297. The average Bonchev–Trinajstić information content (AvgIpc) is 2.93. The molecule has 0 spiro atoms. The van der Waals surface area contributed by atoms with Crippen molar-refractivity contribution in [2.24, 2.45) is 5.92 Å². The van der Waals surface area contributed by atoms with Crippen molar-refractivity contribution < 1.29 is 41.0 Å². The van der Waals surface area contributed by atoms with Crippen LogP contribution in [-0.2, 0) is 21.9 Å². The Kier molecular flexibility index (Phi) is 10.3. The zero-order valence-electron chi connectivity index (χ0n) is 23.3. The van der Waals surface area contributed by atoms with E-state index >= 15 is 0 Å². The second-order valence-corrected chi connectivity index (χ2v) is 11.8. The third-order valence-corrected chi connectivity index (χ3v) is 8.51. The number of piperazine rings is 1. The second kappa shape index (κ2) is 13.6. The number of carbonyl (C=O) groups is 2. The van der Waals surface area contributed by atoms with E-state index in [0.717, 1.165) is 24.3 Å². The van der Waals surface area contributed by atoms with Gasteiger partial charge in [0.2, 0.25) is 0 Å². The SMILES string of the molecule is CN1CCN(NC(=O)C=Cc2ccc(Sc3cccc(NC4CCC(C(=O)O)CC4)c3)c(C(F)(F)F)c2C(F)(F)F)CC1. The van der Waals surface area contributed by atoms with E-state index in [0.29, 0.717) is 69.3 Å². The highest BCUT2D eigenvalue weighted by Crippen LogP contribution is 2.48. The maximum Gasteiger partial charge on any atom is 0.418 e. The summed E-state index contributed by atoms with van der Waals surface area (Å²) in [5.41, 5.74) is -1.35. The number of amides is 1. The Morgan fingerprint density at radius 2 is 1.58 bits per heavy atom. The Bertz CT molecular complexity index is 1330. The number of hydrazine groups is 1. The van der Waals surface area contributed by atoms with Crippen molar-refractivity contribution in [3.8, 4) is 0 Å². The summed E-state index contributed by atoms with van der Waals surface area (Å²) < 4.78 is 85.3. The number of hydrogen-bond acceptors (Lipinski definition) is 6. The van der Waals surface area contributed by atoms with Gasteiger partial charge < -0.3 is 15.3 Å². The quantitative estimate of drug-likeness (QED) is 0.236. The van der Waals surface area contributed by atoms with Gasteiger partial charge in [0, 0.05) is 53.8 Å². The molecular formula is C29H32F6N4O3S. The molecule has 1 heterocycles. The van der Waals surface area contributed by atoms with Gasteiger partial charge in [0.1, 0.15) is 0 Å². The standard InChI is InChI=1S/C29H32F6N4O3S/c1-38-13-15-39(16-14-38)37-24(40)12-8-18-7-11-23(26(29(33,34)35)25(18)28(30,31)32)43-22-4-2-3-21(17-22)36-20-9-5-19(6-10-20)27(41)42/h2-4,7-8,11-12,17,19-20,36H,5-6,9-10,13-16H2,1H3,(H,37,40)(H,41,42). The van der Waals surface area contributed by atoms with Gasteiger partial charge in [0.15, 0.2) is 0 Å². The lowest BCUT2D eigenvalue weighted by molar-refractivity contribution is -0.163. The van der Waals surface area contributed by atoms with Crippen LogP contribution < -0.4 is 10.7 Å². The summed E-state index contributed by atoms with van der Waals surface area (Å²) in [6, 6.07) is 8.22. The molecule has 4 rings (SSSR count). The molecule has 2 aromatic rings. The summed E-state index contributed by atoms with van der Waals surface area (Å²) >= 11 is 0.557. The summed E-state index contributed by atoms with van der Waals surface area (Å²) in [6.07, 6.45) is -6.95. The molecule has 1 saturated carbocycles. The van der Waals surface area contributed by atoms with E-state index in [9.17, 15) is 41.0 Å². The molecule has 0 atom stereocenters. The fourth-order valence-electron chi connectivity index (χ4n) is 5.18. The van der Waals surface area contributed by atoms with Crippen LogP contribution in [0.5, 0.6) is 0 Å². The first-order valence-corrected chi connectivity index (χ1v) is 14.5. The van der Waals surface area contributed by atoms with Crippen molar-refractivity contribution in [1.29, 1.82) is 0 Å². The molecule has 1 aliphatic carbocycles. The molecule has 1 saturated heterocycles. The summed E-state index contributed by atoms with van der Waals surface area (Å²) in [7, 11) is 1.91. The van der Waals surface area contributed by atoms with Gasteiger partial charge in [-0.1, -0.05) is 23.9 Å². The van der Waals surface area contributed by atoms with Crippen molar-refractivity contribution in [3.63, 3.8) is 0 Å². The Labute approximate surface area is 249 Å². The largest absolute Gasteiger partial charge is 0.481 e. The molecular weight excluding hydrogens is 598 g/mol. The van der Waals surface area contributed by atoms with Crippen LogP contribution >= 0.6 is 11.8 Å². The fraction of sp³-hybridized carbons (Fsp3) is 0.448. The van der Waals surface area contributed by atoms with Crippen molar-refractivity contribution in [1.82, 2.24) is 15.3 Å². The highest BCUT2D eigenvalue weighted by Gasteiger charge is 2.46. The van der Waals surface area contributed by atoms with Crippen LogP contribution in [0.1, 0.15) is 42.4 Å². The highest BCUT2D eigenvalue weighted by molar-refractivity contribution is 7.99. The minimum Gasteiger partial charge on any atom is -0.481 e. The number of carbonyl (C=O) groups excluding carboxylic acids is 1. The van der Waals surface area contributed by atoms with E-state index in [4.69, 9.17) is 0 Å². The predicted octanol–water partition coefficient (Wildman–Crippen LogP) is 6.22. The van der Waals surface area contributed by atoms with Gasteiger partial charge in [0.05, 0.1) is 17.0 Å². The second-order valence-electron chi connectivity index (χ2n) is 10.7. The molecule has 3 N–H and O–H groups in total. The number of benzene rings is 2. The third kappa shape index (κ3) is 8.89. The number of likely N-dealkylation sites (N-methyl/N-ethyl adjacent to an activating group) is 1. The van der Waals surface area contributed by atoms with E-state index in [1.807, 2.05) is 11.9 Å². The maximum absolute atomic E-state index is 14.3. The zero-order chi connectivity index (χ0) is 31.4. The van der Waals surface area contributed by atoms with Gasteiger partial charge in [-0.05, 0) is 68.6 Å². The summed E-state index contributed by atoms with van der Waals surface area (Å²) in [4.78, 5) is 25.2. The van der Waals surface area contributed by atoms with Gasteiger partial charge in [-0.3, -0.25) is 15.0 Å². The van der Waals surface area contributed by atoms with E-state index in [1.165, 1.54) is 6.07 Å². The number of aliphatic carboxylic acids is 1. The Morgan fingerprint density at radius 3 is 2.19 bits per heavy atom. The van der Waals surface area contributed by atoms with Crippen molar-refractivity contribution in [2.45, 2.75) is 53.9 Å². The number of halogens is 6. The number of nitrogens with one attached hydrogen (secondary N) is 2. The topological polar surface area (TPSA) is 84.9 Å². The smallest absolute Gasteiger partial charge is 0.418 e. The van der Waals surface area contributed by atoms with Crippen LogP contribution in [0.25, 0.3) is 6.08 Å². The number of carboxylic acid groups (broad SMARTS) is 1. The molecule has 0 unspecified atom stereocenters. The first-order valence-electron chi connectivity index (χ1n) is 13.7. The van der Waals surface area contributed by atoms with Gasteiger partial charge in [-0.2, -0.15) is 26.3 Å². The van der Waals surface area contributed by atoms with E-state index in [2.05, 4.69) is 10.7 Å². The minimum atomic E-state index is -5.35. The molecule has 2 fully saturated rings. The van der Waals surface area contributed by atoms with E-state index < -0.39 is 51.7 Å². The first-order chi connectivity index (χ1) is 20.2. The van der Waals surface area contributed by atoms with Crippen molar-refractivity contribution >= 4 is 35.4 Å². The van der Waals surface area contributed by atoms with Gasteiger partial charge in [-0.15, -0.1) is 0 Å². The summed E-state index contributed by atoms with van der Waals surface area (Å²) in [6.45, 7) is 2.33. The normalized spacial score (nSPS) is 20.7. The number of rotatable bonds is 8. The van der Waals surface area contributed by atoms with Crippen molar-refractivity contribution in [3.05, 3.63) is 59.2 Å². The summed E-state index contributed by atoms with van der Waals surface area (Å²) in [5, 5.41) is 14.0. The summed E-state index contributed by atoms with van der Waals surface area (Å²) in [5.74, 6) is -2.00. The van der Waals surface area contributed by atoms with Crippen LogP contribution in [0.3, 0.4) is 0 Å². The Hall–Kier alpha value is -3.23. The van der Waals surface area contributed by atoms with Gasteiger partial charge in [0.25, 0.3) is 5.91 Å². The van der Waals surface area contributed by atoms with E-state index in [-0.39, 0.29) is 10.9 Å². The molecule has 1 aliphatic heterocycles. The van der Waals surface area contributed by atoms with Crippen molar-refractivity contribution in [2.75, 3.05) is 38.5 Å². The van der Waals surface area contributed by atoms with Crippen LogP contribution in [0, 0.1) is 5.92 Å². The van der Waals surface area contributed by atoms with E-state index in [1.54, 1.807) is 23.2 Å². The molecule has 0 aromatic heterocycles. The van der Waals surface area contributed by atoms with Crippen LogP contribution in [0.2, 0.25) is 0 Å². The Morgan fingerprint density at radius 1 is 0.930 bits per heavy atom. The predicted molar refractivity (Wildman–Crippen MR) is 150 cm³/mol. The van der Waals surface area contributed by atoms with Gasteiger partial charge >= 0.3 is 18.3 Å². The lowest BCUT2D eigenvalue weighted by atomic mass is 9.86. The van der Waals surface area contributed by atoms with Gasteiger partial charge in [-0.25, -0.2) is 5.01 Å². The Balaban J connectivity index is 1.56. The molecule has 0 bridgehead atoms. The van der Waals surface area contributed by atoms with Crippen LogP contribution in [-0.4, -0.2) is 66.2 Å². The molecule has 1 amide bonds. The molecule has 2 aromatic carbocycles. The fourth-order valence-corrected chi connectivity index (χ4v) is 6.23. The first kappa shape index (κ1) is 32.7. The number of alkyl halides is 6. The maximum atomic E-state index is 14.3. The number of nitrogens with zero attached hydrogens (tertiary/aromatic N) is 2.